The van der Waals surface area contributed by atoms with Crippen molar-refractivity contribution in [3.8, 4) is 0 Å². The molecule has 0 N–H and O–H groups in total. The molecule has 0 aromatic rings. The van der Waals surface area contributed by atoms with Crippen LogP contribution >= 0.6 is 11.8 Å². The fourth-order valence-corrected chi connectivity index (χ4v) is 5.85. The summed E-state index contributed by atoms with van der Waals surface area (Å²) in [6.45, 7) is 3.33. The lowest BCUT2D eigenvalue weighted by Gasteiger charge is -2.35. The summed E-state index contributed by atoms with van der Waals surface area (Å²) in [7, 11) is 0. The summed E-state index contributed by atoms with van der Waals surface area (Å²) in [6.07, 6.45) is 13.0. The zero-order valence-electron chi connectivity index (χ0n) is 10.9. The molecule has 1 aliphatic carbocycles. The highest BCUT2D eigenvalue weighted by Crippen LogP contribution is 2.57. The van der Waals surface area contributed by atoms with Gasteiger partial charge >= 0.3 is 0 Å². The minimum atomic E-state index is 0.503. The van der Waals surface area contributed by atoms with E-state index in [1.165, 1.54) is 51.4 Å². The van der Waals surface area contributed by atoms with E-state index in [1.54, 1.807) is 5.57 Å². The molecule has 2 heterocycles. The molecule has 3 unspecified atom stereocenters. The Hall–Kier alpha value is -0.110. The van der Waals surface area contributed by atoms with Crippen LogP contribution in [0.2, 0.25) is 0 Å². The zero-order chi connectivity index (χ0) is 11.7. The molecule has 1 saturated carbocycles. The topological polar surface area (TPSA) is 9.23 Å². The van der Waals surface area contributed by atoms with Gasteiger partial charge < -0.3 is 4.74 Å². The van der Waals surface area contributed by atoms with E-state index < -0.39 is 0 Å². The first-order valence-corrected chi connectivity index (χ1v) is 8.22. The van der Waals surface area contributed by atoms with E-state index in [2.05, 4.69) is 24.9 Å². The Morgan fingerprint density at radius 2 is 2.18 bits per heavy atom. The molecule has 1 nitrogen and oxygen atoms in total. The summed E-state index contributed by atoms with van der Waals surface area (Å²) in [5.74, 6) is 0. The maximum absolute atomic E-state index is 5.97. The van der Waals surface area contributed by atoms with Gasteiger partial charge in [-0.2, -0.15) is 11.8 Å². The smallest absolute Gasteiger partial charge is 0.0940 e. The normalized spacial score (nSPS) is 39.9. The predicted octanol–water partition coefficient (Wildman–Crippen LogP) is 4.53. The molecule has 17 heavy (non-hydrogen) atoms. The summed E-state index contributed by atoms with van der Waals surface area (Å²) in [5.41, 5.74) is 2.05. The van der Waals surface area contributed by atoms with Gasteiger partial charge in [0.1, 0.15) is 0 Å². The van der Waals surface area contributed by atoms with E-state index in [-0.39, 0.29) is 0 Å². The Balaban J connectivity index is 1.57. The van der Waals surface area contributed by atoms with Gasteiger partial charge in [-0.25, -0.2) is 0 Å². The maximum Gasteiger partial charge on any atom is 0.0940 e. The first-order chi connectivity index (χ1) is 8.32. The van der Waals surface area contributed by atoms with Crippen molar-refractivity contribution in [1.29, 1.82) is 0 Å². The second-order valence-corrected chi connectivity index (χ2v) is 7.55. The average Bonchev–Trinajstić information content (AvgIpc) is 3.04. The summed E-state index contributed by atoms with van der Waals surface area (Å²) in [5, 5.41) is 1.84. The van der Waals surface area contributed by atoms with Crippen molar-refractivity contribution in [2.45, 2.75) is 68.8 Å². The molecule has 0 radical (unpaired) electrons. The molecule has 0 amide bonds. The first kappa shape index (κ1) is 12.0. The third-order valence-corrected chi connectivity index (χ3v) is 6.85. The van der Waals surface area contributed by atoms with E-state index in [4.69, 9.17) is 4.74 Å². The fraction of sp³-hybridized carbons (Fsp3) is 0.867. The quantitative estimate of drug-likeness (QED) is 0.680. The van der Waals surface area contributed by atoms with Crippen molar-refractivity contribution in [2.75, 3.05) is 6.61 Å². The van der Waals surface area contributed by atoms with Crippen molar-refractivity contribution >= 4 is 11.8 Å². The van der Waals surface area contributed by atoms with E-state index in [9.17, 15) is 0 Å². The van der Waals surface area contributed by atoms with Crippen LogP contribution in [0.4, 0.5) is 0 Å². The largest absolute Gasteiger partial charge is 0.501 e. The van der Waals surface area contributed by atoms with Gasteiger partial charge in [-0.3, -0.25) is 0 Å². The van der Waals surface area contributed by atoms with Crippen LogP contribution in [-0.2, 0) is 4.74 Å². The Kier molecular flexibility index (Phi) is 3.43. The van der Waals surface area contributed by atoms with Crippen LogP contribution in [0.1, 0.15) is 58.3 Å². The number of fused-ring (bicyclic) bond motifs is 2. The van der Waals surface area contributed by atoms with Crippen LogP contribution < -0.4 is 0 Å². The van der Waals surface area contributed by atoms with Crippen molar-refractivity contribution in [2.24, 2.45) is 5.41 Å². The molecule has 96 valence electrons. The molecule has 2 bridgehead atoms. The zero-order valence-corrected chi connectivity index (χ0v) is 11.7. The van der Waals surface area contributed by atoms with E-state index in [1.807, 2.05) is 0 Å². The molecule has 2 heteroatoms. The molecule has 3 aliphatic rings. The van der Waals surface area contributed by atoms with Gasteiger partial charge in [-0.1, -0.05) is 6.92 Å². The van der Waals surface area contributed by atoms with Crippen LogP contribution in [0.5, 0.6) is 0 Å². The summed E-state index contributed by atoms with van der Waals surface area (Å²) in [4.78, 5) is 0. The fourth-order valence-electron chi connectivity index (χ4n) is 3.79. The number of allylic oxidation sites excluding steroid dienone is 1. The number of hydrogen-bond donors (Lipinski definition) is 0. The Bertz CT molecular complexity index is 304. The molecule has 2 aliphatic heterocycles. The lowest BCUT2D eigenvalue weighted by atomic mass is 9.73. The maximum atomic E-state index is 5.97. The molecular weight excluding hydrogens is 228 g/mol. The van der Waals surface area contributed by atoms with Crippen molar-refractivity contribution < 1.29 is 4.74 Å². The third kappa shape index (κ3) is 2.25. The number of rotatable bonds is 4. The molecule has 0 aromatic heterocycles. The molecule has 3 fully saturated rings. The summed E-state index contributed by atoms with van der Waals surface area (Å²) >= 11 is 2.25. The van der Waals surface area contributed by atoms with E-state index in [0.29, 0.717) is 5.41 Å². The number of thioether (sulfide) groups is 1. The molecule has 3 rings (SSSR count). The van der Waals surface area contributed by atoms with Crippen molar-refractivity contribution in [1.82, 2.24) is 0 Å². The third-order valence-electron chi connectivity index (χ3n) is 5.00. The van der Waals surface area contributed by atoms with Crippen LogP contribution in [-0.4, -0.2) is 17.1 Å². The van der Waals surface area contributed by atoms with Gasteiger partial charge in [0, 0.05) is 15.9 Å². The standard InChI is InChI=1S/C15H24OS/c1-2-15(9-13-7-8-14(15)17-13)11-16-10-12-5-3-4-6-12/h10,13-14H,2-9,11H2,1H3. The molecular formula is C15H24OS. The summed E-state index contributed by atoms with van der Waals surface area (Å²) in [6, 6.07) is 0. The SMILES string of the molecule is CCC1(COC=C2CCCC2)CC2CCC1S2. The number of ether oxygens (including phenoxy) is 1. The average molecular weight is 252 g/mol. The van der Waals surface area contributed by atoms with Crippen LogP contribution in [0, 0.1) is 5.41 Å². The minimum Gasteiger partial charge on any atom is -0.501 e. The van der Waals surface area contributed by atoms with Gasteiger partial charge in [-0.05, 0) is 56.9 Å². The monoisotopic (exact) mass is 252 g/mol. The van der Waals surface area contributed by atoms with Gasteiger partial charge in [0.25, 0.3) is 0 Å². The summed E-state index contributed by atoms with van der Waals surface area (Å²) < 4.78 is 5.97. The molecule has 2 saturated heterocycles. The van der Waals surface area contributed by atoms with Gasteiger partial charge in [0.15, 0.2) is 0 Å². The highest BCUT2D eigenvalue weighted by atomic mass is 32.2. The van der Waals surface area contributed by atoms with Gasteiger partial charge in [-0.15, -0.1) is 0 Å². The lowest BCUT2D eigenvalue weighted by molar-refractivity contribution is 0.0842. The van der Waals surface area contributed by atoms with Crippen LogP contribution in [0.25, 0.3) is 0 Å². The molecule has 3 atom stereocenters. The van der Waals surface area contributed by atoms with Gasteiger partial charge in [0.05, 0.1) is 12.9 Å². The van der Waals surface area contributed by atoms with Crippen LogP contribution in [0.3, 0.4) is 0 Å². The molecule has 0 aromatic carbocycles. The number of hydrogen-bond acceptors (Lipinski definition) is 2. The van der Waals surface area contributed by atoms with Crippen LogP contribution in [0.15, 0.2) is 11.8 Å². The van der Waals surface area contributed by atoms with Crippen molar-refractivity contribution in [3.63, 3.8) is 0 Å². The Morgan fingerprint density at radius 3 is 2.76 bits per heavy atom. The Morgan fingerprint density at radius 1 is 1.35 bits per heavy atom. The molecule has 0 spiro atoms. The highest BCUT2D eigenvalue weighted by Gasteiger charge is 2.50. The second kappa shape index (κ2) is 4.87. The lowest BCUT2D eigenvalue weighted by Crippen LogP contribution is -2.35. The van der Waals surface area contributed by atoms with Gasteiger partial charge in [0.2, 0.25) is 0 Å². The van der Waals surface area contributed by atoms with E-state index >= 15 is 0 Å². The van der Waals surface area contributed by atoms with Crippen molar-refractivity contribution in [3.05, 3.63) is 11.8 Å². The first-order valence-electron chi connectivity index (χ1n) is 7.27. The Labute approximate surface area is 109 Å². The minimum absolute atomic E-state index is 0.503. The second-order valence-electron chi connectivity index (χ2n) is 6.04. The van der Waals surface area contributed by atoms with E-state index in [0.717, 1.165) is 17.1 Å². The predicted molar refractivity (Wildman–Crippen MR) is 74.2 cm³/mol. The highest BCUT2D eigenvalue weighted by molar-refractivity contribution is 8.01.